The minimum absolute atomic E-state index is 0.0373. The minimum Gasteiger partial charge on any atom is -0.321 e. The third kappa shape index (κ3) is 3.44. The molecule has 2 aliphatic heterocycles. The van der Waals surface area contributed by atoms with E-state index in [1.54, 1.807) is 0 Å². The number of fused-ring (bicyclic) bond motifs is 2. The number of nitrogens with one attached hydrogen (secondary N) is 1. The summed E-state index contributed by atoms with van der Waals surface area (Å²) < 4.78 is 0. The van der Waals surface area contributed by atoms with Gasteiger partial charge < -0.3 is 10.2 Å². The third-order valence-corrected chi connectivity index (χ3v) is 6.46. The Morgan fingerprint density at radius 2 is 1.86 bits per heavy atom. The zero-order valence-electron chi connectivity index (χ0n) is 17.1. The van der Waals surface area contributed by atoms with Crippen LogP contribution in [0.2, 0.25) is 0 Å². The number of aryl methyl sites for hydroxylation is 1. The predicted molar refractivity (Wildman–Crippen MR) is 120 cm³/mol. The highest BCUT2D eigenvalue weighted by Crippen LogP contribution is 2.44. The molecule has 2 aromatic carbocycles. The summed E-state index contributed by atoms with van der Waals surface area (Å²) in [4.78, 5) is 15.5. The lowest BCUT2D eigenvalue weighted by Gasteiger charge is -2.25. The Labute approximate surface area is 173 Å². The molecule has 1 N–H and O–H groups in total. The molecular weight excluding hydrogens is 356 g/mol. The summed E-state index contributed by atoms with van der Waals surface area (Å²) in [6, 6.07) is 14.9. The molecular formula is C26H28N2O. The number of anilines is 1. The molecule has 0 unspecified atom stereocenters. The van der Waals surface area contributed by atoms with E-state index in [0.717, 1.165) is 36.2 Å². The number of piperidine rings is 1. The van der Waals surface area contributed by atoms with Crippen molar-refractivity contribution in [2.75, 3.05) is 25.0 Å². The zero-order valence-corrected chi connectivity index (χ0v) is 17.1. The first-order valence-electron chi connectivity index (χ1n) is 10.9. The van der Waals surface area contributed by atoms with Crippen molar-refractivity contribution >= 4 is 22.7 Å². The second-order valence-corrected chi connectivity index (χ2v) is 8.50. The van der Waals surface area contributed by atoms with Gasteiger partial charge in [-0.2, -0.15) is 0 Å². The Morgan fingerprint density at radius 3 is 2.72 bits per heavy atom. The van der Waals surface area contributed by atoms with E-state index in [-0.39, 0.29) is 5.91 Å². The Hall–Kier alpha value is -2.65. The van der Waals surface area contributed by atoms with E-state index in [1.807, 2.05) is 0 Å². The number of likely N-dealkylation sites (tertiary alicyclic amines) is 1. The fourth-order valence-corrected chi connectivity index (χ4v) is 5.00. The smallest absolute Gasteiger partial charge is 0.256 e. The first-order chi connectivity index (χ1) is 14.2. The van der Waals surface area contributed by atoms with Crippen LogP contribution in [0.5, 0.6) is 0 Å². The van der Waals surface area contributed by atoms with E-state index in [4.69, 9.17) is 0 Å². The topological polar surface area (TPSA) is 32.3 Å². The number of benzene rings is 2. The van der Waals surface area contributed by atoms with Crippen molar-refractivity contribution in [2.45, 2.75) is 39.0 Å². The van der Waals surface area contributed by atoms with E-state index in [1.165, 1.54) is 60.2 Å². The SMILES string of the molecule is Cc1ccc2c(c1)NC(=O)/C2=C1\Cc2ccccc2\C1=C\CCN1CCCCC1. The summed E-state index contributed by atoms with van der Waals surface area (Å²) >= 11 is 0. The van der Waals surface area contributed by atoms with Gasteiger partial charge in [-0.1, -0.05) is 48.9 Å². The van der Waals surface area contributed by atoms with E-state index in [2.05, 4.69) is 65.7 Å². The Balaban J connectivity index is 1.53. The van der Waals surface area contributed by atoms with Crippen LogP contribution in [0.1, 0.15) is 47.9 Å². The summed E-state index contributed by atoms with van der Waals surface area (Å²) in [5, 5.41) is 3.09. The molecule has 5 rings (SSSR count). The molecule has 0 atom stereocenters. The second-order valence-electron chi connectivity index (χ2n) is 8.50. The highest BCUT2D eigenvalue weighted by Gasteiger charge is 2.32. The van der Waals surface area contributed by atoms with Crippen molar-refractivity contribution in [3.8, 4) is 0 Å². The summed E-state index contributed by atoms with van der Waals surface area (Å²) in [6.45, 7) is 5.62. The summed E-state index contributed by atoms with van der Waals surface area (Å²) in [5.41, 5.74) is 9.09. The zero-order chi connectivity index (χ0) is 19.8. The molecule has 0 saturated carbocycles. The molecule has 148 valence electrons. The molecule has 1 aliphatic carbocycles. The molecule has 29 heavy (non-hydrogen) atoms. The van der Waals surface area contributed by atoms with Crippen molar-refractivity contribution in [3.05, 3.63) is 76.4 Å². The maximum atomic E-state index is 12.9. The van der Waals surface area contributed by atoms with Crippen molar-refractivity contribution < 1.29 is 4.79 Å². The maximum absolute atomic E-state index is 12.9. The van der Waals surface area contributed by atoms with Gasteiger partial charge in [0.2, 0.25) is 0 Å². The van der Waals surface area contributed by atoms with Gasteiger partial charge in [0.05, 0.1) is 5.57 Å². The van der Waals surface area contributed by atoms with Gasteiger partial charge in [-0.05, 0) is 79.6 Å². The quantitative estimate of drug-likeness (QED) is 0.736. The number of hydrogen-bond acceptors (Lipinski definition) is 2. The molecule has 3 aliphatic rings. The first kappa shape index (κ1) is 18.4. The number of carbonyl (C=O) groups is 1. The maximum Gasteiger partial charge on any atom is 0.256 e. The lowest BCUT2D eigenvalue weighted by atomic mass is 9.94. The summed E-state index contributed by atoms with van der Waals surface area (Å²) in [6.07, 6.45) is 8.26. The van der Waals surface area contributed by atoms with Crippen LogP contribution in [0.4, 0.5) is 5.69 Å². The van der Waals surface area contributed by atoms with Gasteiger partial charge in [0.15, 0.2) is 0 Å². The van der Waals surface area contributed by atoms with Crippen LogP contribution in [0.15, 0.2) is 54.1 Å². The molecule has 0 spiro atoms. The van der Waals surface area contributed by atoms with Crippen molar-refractivity contribution in [3.63, 3.8) is 0 Å². The average molecular weight is 385 g/mol. The monoisotopic (exact) mass is 384 g/mol. The van der Waals surface area contributed by atoms with Gasteiger partial charge >= 0.3 is 0 Å². The van der Waals surface area contributed by atoms with Crippen LogP contribution in [-0.2, 0) is 11.2 Å². The van der Waals surface area contributed by atoms with Crippen LogP contribution < -0.4 is 5.32 Å². The van der Waals surface area contributed by atoms with Gasteiger partial charge in [0.1, 0.15) is 0 Å². The van der Waals surface area contributed by atoms with E-state index in [0.29, 0.717) is 0 Å². The molecule has 2 heterocycles. The van der Waals surface area contributed by atoms with Crippen LogP contribution in [0, 0.1) is 6.92 Å². The molecule has 2 aromatic rings. The van der Waals surface area contributed by atoms with Gasteiger partial charge in [-0.15, -0.1) is 0 Å². The molecule has 1 saturated heterocycles. The molecule has 0 bridgehead atoms. The molecule has 1 amide bonds. The number of hydrogen-bond donors (Lipinski definition) is 1. The van der Waals surface area contributed by atoms with Crippen LogP contribution in [0.25, 0.3) is 11.1 Å². The van der Waals surface area contributed by atoms with Crippen molar-refractivity contribution in [2.24, 2.45) is 0 Å². The number of rotatable bonds is 3. The number of allylic oxidation sites excluding steroid dienone is 2. The largest absolute Gasteiger partial charge is 0.321 e. The normalized spacial score (nSPS) is 22.7. The number of nitrogens with zero attached hydrogens (tertiary/aromatic N) is 1. The summed E-state index contributed by atoms with van der Waals surface area (Å²) in [5.74, 6) is 0.0373. The Kier molecular flexibility index (Phi) is 4.84. The fraction of sp³-hybridized carbons (Fsp3) is 0.346. The number of amides is 1. The standard InChI is InChI=1S/C26H28N2O/c1-18-11-12-22-24(16-18)27-26(29)25(22)23-17-19-8-3-4-9-20(19)21(23)10-7-15-28-13-5-2-6-14-28/h3-4,8-12,16H,2,5-7,13-15,17H2,1H3,(H,27,29)/b21-10-,25-23+. The first-order valence-corrected chi connectivity index (χ1v) is 10.9. The van der Waals surface area contributed by atoms with Gasteiger partial charge in [0.25, 0.3) is 5.91 Å². The predicted octanol–water partition coefficient (Wildman–Crippen LogP) is 5.22. The van der Waals surface area contributed by atoms with Gasteiger partial charge in [-0.25, -0.2) is 0 Å². The van der Waals surface area contributed by atoms with Crippen molar-refractivity contribution in [1.29, 1.82) is 0 Å². The van der Waals surface area contributed by atoms with Crippen molar-refractivity contribution in [1.82, 2.24) is 4.90 Å². The lowest BCUT2D eigenvalue weighted by molar-refractivity contribution is -0.110. The minimum atomic E-state index is 0.0373. The Morgan fingerprint density at radius 1 is 1.03 bits per heavy atom. The highest BCUT2D eigenvalue weighted by molar-refractivity contribution is 6.34. The third-order valence-electron chi connectivity index (χ3n) is 6.46. The molecule has 3 nitrogen and oxygen atoms in total. The van der Waals surface area contributed by atoms with Gasteiger partial charge in [-0.3, -0.25) is 4.79 Å². The molecule has 0 aromatic heterocycles. The van der Waals surface area contributed by atoms with Crippen LogP contribution in [0.3, 0.4) is 0 Å². The van der Waals surface area contributed by atoms with Gasteiger partial charge in [0, 0.05) is 17.8 Å². The number of carbonyl (C=O) groups excluding carboxylic acids is 1. The van der Waals surface area contributed by atoms with E-state index in [9.17, 15) is 4.79 Å². The van der Waals surface area contributed by atoms with Crippen LogP contribution >= 0.6 is 0 Å². The second kappa shape index (κ2) is 7.64. The fourth-order valence-electron chi connectivity index (χ4n) is 5.00. The van der Waals surface area contributed by atoms with E-state index >= 15 is 0 Å². The lowest BCUT2D eigenvalue weighted by Crippen LogP contribution is -2.30. The molecule has 3 heteroatoms. The highest BCUT2D eigenvalue weighted by atomic mass is 16.2. The van der Waals surface area contributed by atoms with E-state index < -0.39 is 0 Å². The average Bonchev–Trinajstić information content (AvgIpc) is 3.25. The molecule has 0 radical (unpaired) electrons. The molecule has 1 fully saturated rings. The Bertz CT molecular complexity index is 1020. The summed E-state index contributed by atoms with van der Waals surface area (Å²) in [7, 11) is 0. The van der Waals surface area contributed by atoms with Crippen LogP contribution in [-0.4, -0.2) is 30.4 Å².